The van der Waals surface area contributed by atoms with Crippen molar-refractivity contribution >= 4 is 13.5 Å². The molecule has 0 nitrogen and oxygen atoms in total. The van der Waals surface area contributed by atoms with E-state index in [1.54, 1.807) is 0 Å². The van der Waals surface area contributed by atoms with Crippen LogP contribution in [0.15, 0.2) is 36.4 Å². The van der Waals surface area contributed by atoms with E-state index in [4.69, 9.17) is 0 Å². The van der Waals surface area contributed by atoms with Gasteiger partial charge in [-0.1, -0.05) is 36.4 Å². The summed E-state index contributed by atoms with van der Waals surface area (Å²) in [7, 11) is 0. The predicted molar refractivity (Wildman–Crippen MR) is 34.0 cm³/mol. The van der Waals surface area contributed by atoms with Crippen molar-refractivity contribution in [2.45, 2.75) is 0 Å². The van der Waals surface area contributed by atoms with Gasteiger partial charge in [0, 0.05) is 13.5 Å². The first kappa shape index (κ1) is 6.57. The topological polar surface area (TPSA) is 0 Å². The Bertz CT molecular complexity index is 76.1. The smallest absolute Gasteiger partial charge is 0 e. The molecule has 0 heterocycles. The summed E-state index contributed by atoms with van der Waals surface area (Å²) < 4.78 is 0. The van der Waals surface area contributed by atoms with Crippen molar-refractivity contribution in [1.82, 2.24) is 0 Å². The third kappa shape index (κ3) is 2.29. The largest absolute Gasteiger partial charge is 0.0623 e. The molecule has 7 heavy (non-hydrogen) atoms. The highest BCUT2D eigenvalue weighted by atomic mass is 32.1. The van der Waals surface area contributed by atoms with Gasteiger partial charge in [0.15, 0.2) is 0 Å². The summed E-state index contributed by atoms with van der Waals surface area (Å²) in [5.74, 6) is 0. The van der Waals surface area contributed by atoms with Gasteiger partial charge < -0.3 is 0 Å². The Morgan fingerprint density at radius 1 is 0.429 bits per heavy atom. The lowest BCUT2D eigenvalue weighted by Crippen LogP contribution is -1.47. The molecule has 2 radical (unpaired) electrons. The van der Waals surface area contributed by atoms with Crippen LogP contribution in [0.2, 0.25) is 0 Å². The van der Waals surface area contributed by atoms with E-state index in [9.17, 15) is 0 Å². The minimum absolute atomic E-state index is 0. The molecule has 1 aromatic rings. The van der Waals surface area contributed by atoms with Crippen LogP contribution in [0.5, 0.6) is 0 Å². The van der Waals surface area contributed by atoms with Gasteiger partial charge in [0.25, 0.3) is 0 Å². The molecular weight excluding hydrogens is 104 g/mol. The van der Waals surface area contributed by atoms with Crippen LogP contribution in [0.25, 0.3) is 0 Å². The van der Waals surface area contributed by atoms with Gasteiger partial charge in [-0.2, -0.15) is 0 Å². The zero-order chi connectivity index (χ0) is 4.24. The van der Waals surface area contributed by atoms with E-state index in [1.807, 2.05) is 36.4 Å². The molecule has 0 saturated carbocycles. The summed E-state index contributed by atoms with van der Waals surface area (Å²) in [6.45, 7) is 0. The second kappa shape index (κ2) is 3.75. The van der Waals surface area contributed by atoms with Crippen LogP contribution in [0, 0.1) is 0 Å². The lowest BCUT2D eigenvalue weighted by molar-refractivity contribution is 1.72. The molecule has 36 valence electrons. The highest BCUT2D eigenvalue weighted by Crippen LogP contribution is 1.79. The first-order chi connectivity index (χ1) is 3.00. The van der Waals surface area contributed by atoms with Gasteiger partial charge in [-0.3, -0.25) is 0 Å². The standard InChI is InChI=1S/C6H6.S/c1-2-4-6-5-3-1;/h1-6H;. The van der Waals surface area contributed by atoms with Crippen LogP contribution in [-0.2, 0) is 0 Å². The zero-order valence-corrected chi connectivity index (χ0v) is 4.69. The van der Waals surface area contributed by atoms with Gasteiger partial charge in [0.05, 0.1) is 0 Å². The van der Waals surface area contributed by atoms with E-state index in [2.05, 4.69) is 0 Å². The molecule has 0 amide bonds. The zero-order valence-electron chi connectivity index (χ0n) is 3.87. The second-order valence-electron chi connectivity index (χ2n) is 1.15. The quantitative estimate of drug-likeness (QED) is 0.481. The van der Waals surface area contributed by atoms with Crippen molar-refractivity contribution < 1.29 is 0 Å². The Morgan fingerprint density at radius 3 is 0.714 bits per heavy atom. The Hall–Kier alpha value is -0.430. The van der Waals surface area contributed by atoms with Gasteiger partial charge in [-0.15, -0.1) is 0 Å². The molecule has 0 fully saturated rings. The first-order valence-corrected chi connectivity index (χ1v) is 2.00. The summed E-state index contributed by atoms with van der Waals surface area (Å²) in [6.07, 6.45) is 0. The van der Waals surface area contributed by atoms with Crippen LogP contribution < -0.4 is 0 Å². The van der Waals surface area contributed by atoms with Crippen molar-refractivity contribution in [2.24, 2.45) is 0 Å². The molecule has 0 atom stereocenters. The molecule has 0 saturated heterocycles. The molecule has 0 aliphatic heterocycles. The molecule has 0 aliphatic rings. The van der Waals surface area contributed by atoms with Crippen LogP contribution >= 0.6 is 13.5 Å². The van der Waals surface area contributed by atoms with E-state index in [-0.39, 0.29) is 13.5 Å². The third-order valence-corrected chi connectivity index (χ3v) is 0.667. The highest BCUT2D eigenvalue weighted by Gasteiger charge is 1.57. The Labute approximate surface area is 50.6 Å². The molecule has 0 aromatic heterocycles. The minimum atomic E-state index is 0. The fourth-order valence-corrected chi connectivity index (χ4v) is 0.385. The maximum Gasteiger partial charge on any atom is 0 e. The average molecular weight is 110 g/mol. The van der Waals surface area contributed by atoms with E-state index in [1.165, 1.54) is 0 Å². The molecule has 0 spiro atoms. The molecule has 0 unspecified atom stereocenters. The van der Waals surface area contributed by atoms with Gasteiger partial charge in [-0.05, 0) is 0 Å². The molecule has 1 heteroatoms. The molecule has 0 aliphatic carbocycles. The summed E-state index contributed by atoms with van der Waals surface area (Å²) in [4.78, 5) is 0. The molecule has 0 N–H and O–H groups in total. The van der Waals surface area contributed by atoms with Crippen molar-refractivity contribution in [1.29, 1.82) is 0 Å². The highest BCUT2D eigenvalue weighted by molar-refractivity contribution is 7.59. The van der Waals surface area contributed by atoms with Crippen LogP contribution in [-0.4, -0.2) is 0 Å². The number of hydrogen-bond donors (Lipinski definition) is 0. The normalized spacial score (nSPS) is 6.86. The van der Waals surface area contributed by atoms with Crippen molar-refractivity contribution in [3.63, 3.8) is 0 Å². The van der Waals surface area contributed by atoms with Crippen molar-refractivity contribution in [3.8, 4) is 0 Å². The average Bonchev–Trinajstić information content (AvgIpc) is 1.72. The second-order valence-corrected chi connectivity index (χ2v) is 1.15. The van der Waals surface area contributed by atoms with Gasteiger partial charge in [0.1, 0.15) is 0 Å². The first-order valence-electron chi connectivity index (χ1n) is 2.00. The maximum atomic E-state index is 2.00. The summed E-state index contributed by atoms with van der Waals surface area (Å²) in [6, 6.07) is 12.0. The van der Waals surface area contributed by atoms with Gasteiger partial charge in [-0.25, -0.2) is 0 Å². The molecular formula is C6H6S. The molecule has 1 rings (SSSR count). The van der Waals surface area contributed by atoms with Crippen molar-refractivity contribution in [2.75, 3.05) is 0 Å². The SMILES string of the molecule is [S].c1ccccc1. The molecule has 1 aromatic carbocycles. The van der Waals surface area contributed by atoms with Crippen molar-refractivity contribution in [3.05, 3.63) is 36.4 Å². The third-order valence-electron chi connectivity index (χ3n) is 0.667. The van der Waals surface area contributed by atoms with E-state index in [0.29, 0.717) is 0 Å². The fraction of sp³-hybridized carbons (Fsp3) is 0. The Balaban J connectivity index is 0.000000360. The predicted octanol–water partition coefficient (Wildman–Crippen LogP) is 2.33. The van der Waals surface area contributed by atoms with Crippen LogP contribution in [0.4, 0.5) is 0 Å². The van der Waals surface area contributed by atoms with Crippen LogP contribution in [0.1, 0.15) is 0 Å². The monoisotopic (exact) mass is 110 g/mol. The van der Waals surface area contributed by atoms with E-state index < -0.39 is 0 Å². The lowest BCUT2D eigenvalue weighted by atomic mass is 10.4. The molecule has 0 bridgehead atoms. The summed E-state index contributed by atoms with van der Waals surface area (Å²) in [5, 5.41) is 0. The van der Waals surface area contributed by atoms with E-state index in [0.717, 1.165) is 0 Å². The number of hydrogen-bond acceptors (Lipinski definition) is 0. The number of benzene rings is 1. The Morgan fingerprint density at radius 2 is 0.571 bits per heavy atom. The van der Waals surface area contributed by atoms with Crippen LogP contribution in [0.3, 0.4) is 0 Å². The fourth-order valence-electron chi connectivity index (χ4n) is 0.385. The Kier molecular flexibility index (Phi) is 3.52. The van der Waals surface area contributed by atoms with Gasteiger partial charge in [0.2, 0.25) is 0 Å². The lowest BCUT2D eigenvalue weighted by Gasteiger charge is -1.69. The van der Waals surface area contributed by atoms with E-state index >= 15 is 0 Å². The van der Waals surface area contributed by atoms with Gasteiger partial charge >= 0.3 is 0 Å². The summed E-state index contributed by atoms with van der Waals surface area (Å²) >= 11 is 0. The minimum Gasteiger partial charge on any atom is -0.0623 e. The number of rotatable bonds is 0. The maximum absolute atomic E-state index is 2.00. The summed E-state index contributed by atoms with van der Waals surface area (Å²) in [5.41, 5.74) is 0.